The van der Waals surface area contributed by atoms with Crippen LogP contribution in [0.5, 0.6) is 11.5 Å². The van der Waals surface area contributed by atoms with Gasteiger partial charge in [0.15, 0.2) is 11.9 Å². The molecule has 174 valence electrons. The van der Waals surface area contributed by atoms with Crippen LogP contribution in [-0.4, -0.2) is 45.0 Å². The molecule has 0 aliphatic carbocycles. The van der Waals surface area contributed by atoms with E-state index in [-0.39, 0.29) is 24.6 Å². The number of ether oxygens (including phenoxy) is 2. The molecule has 1 atom stereocenters. The molecule has 0 spiro atoms. The fraction of sp³-hybridized carbons (Fsp3) is 0.192. The maximum Gasteiger partial charge on any atom is 0.167 e. The van der Waals surface area contributed by atoms with Crippen molar-refractivity contribution in [3.63, 3.8) is 0 Å². The van der Waals surface area contributed by atoms with Crippen molar-refractivity contribution >= 4 is 5.78 Å². The second-order valence-corrected chi connectivity index (χ2v) is 7.70. The lowest BCUT2D eigenvalue weighted by molar-refractivity contribution is 0.0296. The van der Waals surface area contributed by atoms with Gasteiger partial charge in [0.25, 0.3) is 0 Å². The molecule has 4 rings (SSSR count). The van der Waals surface area contributed by atoms with E-state index in [1.54, 1.807) is 53.6 Å². The Hall–Kier alpha value is -4.04. The highest BCUT2D eigenvalue weighted by Gasteiger charge is 2.15. The summed E-state index contributed by atoms with van der Waals surface area (Å²) in [4.78, 5) is 12.7. The summed E-state index contributed by atoms with van der Waals surface area (Å²) in [5.41, 5.74) is 2.79. The lowest BCUT2D eigenvalue weighted by atomic mass is 10.0. The number of phenols is 1. The molecule has 8 heteroatoms. The first-order valence-corrected chi connectivity index (χ1v) is 10.8. The fourth-order valence-electron chi connectivity index (χ4n) is 3.38. The van der Waals surface area contributed by atoms with Gasteiger partial charge in [-0.25, -0.2) is 4.39 Å². The van der Waals surface area contributed by atoms with E-state index in [2.05, 4.69) is 10.2 Å². The summed E-state index contributed by atoms with van der Waals surface area (Å²) in [6, 6.07) is 21.2. The SMILES string of the molecule is O=C(Cc1ccc(OC(CF)COCc2ccccc2)cc1O)c1ccc(-n2cnnc2)cc1. The first-order valence-electron chi connectivity index (χ1n) is 10.8. The molecule has 0 radical (unpaired) electrons. The van der Waals surface area contributed by atoms with Crippen molar-refractivity contribution in [3.8, 4) is 17.2 Å². The molecule has 0 saturated heterocycles. The molecule has 4 aromatic rings. The van der Waals surface area contributed by atoms with Gasteiger partial charge in [-0.05, 0) is 35.9 Å². The topological polar surface area (TPSA) is 86.5 Å². The van der Waals surface area contributed by atoms with Crippen LogP contribution in [-0.2, 0) is 17.8 Å². The lowest BCUT2D eigenvalue weighted by Gasteiger charge is -2.17. The van der Waals surface area contributed by atoms with Gasteiger partial charge in [0.2, 0.25) is 0 Å². The number of Topliss-reactive ketones (excluding diaryl/α,β-unsaturated/α-hetero) is 1. The van der Waals surface area contributed by atoms with E-state index in [1.165, 1.54) is 6.07 Å². The predicted octanol–water partition coefficient (Wildman–Crippen LogP) is 4.33. The van der Waals surface area contributed by atoms with E-state index in [9.17, 15) is 14.3 Å². The Balaban J connectivity index is 1.32. The van der Waals surface area contributed by atoms with Crippen LogP contribution in [0.2, 0.25) is 0 Å². The summed E-state index contributed by atoms with van der Waals surface area (Å²) in [6.45, 7) is -0.314. The Kier molecular flexibility index (Phi) is 7.62. The maximum absolute atomic E-state index is 13.4. The molecule has 0 aliphatic heterocycles. The van der Waals surface area contributed by atoms with Gasteiger partial charge in [-0.3, -0.25) is 9.36 Å². The summed E-state index contributed by atoms with van der Waals surface area (Å²) in [6.07, 6.45) is 2.35. The van der Waals surface area contributed by atoms with Crippen molar-refractivity contribution < 1.29 is 23.8 Å². The molecule has 7 nitrogen and oxygen atoms in total. The van der Waals surface area contributed by atoms with Crippen LogP contribution in [0, 0.1) is 0 Å². The number of hydrogen-bond donors (Lipinski definition) is 1. The van der Waals surface area contributed by atoms with Crippen molar-refractivity contribution in [2.45, 2.75) is 19.1 Å². The summed E-state index contributed by atoms with van der Waals surface area (Å²) < 4.78 is 26.3. The number of halogens is 1. The molecule has 0 saturated carbocycles. The third-order valence-electron chi connectivity index (χ3n) is 5.20. The molecule has 1 N–H and O–H groups in total. The number of aromatic nitrogens is 3. The monoisotopic (exact) mass is 461 g/mol. The number of carbonyl (C=O) groups excluding carboxylic acids is 1. The number of phenolic OH excluding ortho intramolecular Hbond substituents is 1. The number of nitrogens with zero attached hydrogens (tertiary/aromatic N) is 3. The summed E-state index contributed by atoms with van der Waals surface area (Å²) in [5, 5.41) is 17.9. The minimum absolute atomic E-state index is 0.0187. The van der Waals surface area contributed by atoms with Crippen LogP contribution in [0.1, 0.15) is 21.5 Å². The smallest absolute Gasteiger partial charge is 0.167 e. The molecular weight excluding hydrogens is 437 g/mol. The zero-order valence-electron chi connectivity index (χ0n) is 18.4. The van der Waals surface area contributed by atoms with E-state index < -0.39 is 12.8 Å². The summed E-state index contributed by atoms with van der Waals surface area (Å²) in [7, 11) is 0. The van der Waals surface area contributed by atoms with Crippen LogP contribution in [0.4, 0.5) is 4.39 Å². The van der Waals surface area contributed by atoms with Crippen LogP contribution in [0.25, 0.3) is 5.69 Å². The highest BCUT2D eigenvalue weighted by atomic mass is 19.1. The maximum atomic E-state index is 13.4. The molecule has 1 heterocycles. The van der Waals surface area contributed by atoms with Gasteiger partial charge in [-0.1, -0.05) is 36.4 Å². The number of benzene rings is 3. The van der Waals surface area contributed by atoms with Crippen LogP contribution >= 0.6 is 0 Å². The Morgan fingerprint density at radius 1 is 1.00 bits per heavy atom. The van der Waals surface area contributed by atoms with Gasteiger partial charge in [-0.15, -0.1) is 10.2 Å². The third-order valence-corrected chi connectivity index (χ3v) is 5.20. The minimum atomic E-state index is -0.806. The van der Waals surface area contributed by atoms with Crippen LogP contribution < -0.4 is 4.74 Å². The molecule has 1 aromatic heterocycles. The van der Waals surface area contributed by atoms with E-state index in [0.29, 0.717) is 23.5 Å². The number of aromatic hydroxyl groups is 1. The Morgan fingerprint density at radius 2 is 1.74 bits per heavy atom. The largest absolute Gasteiger partial charge is 0.508 e. The number of hydrogen-bond acceptors (Lipinski definition) is 6. The van der Waals surface area contributed by atoms with Gasteiger partial charge in [0.1, 0.15) is 30.8 Å². The molecule has 34 heavy (non-hydrogen) atoms. The molecule has 0 bridgehead atoms. The normalized spacial score (nSPS) is 11.8. The first-order chi connectivity index (χ1) is 16.6. The second kappa shape index (κ2) is 11.2. The fourth-order valence-corrected chi connectivity index (χ4v) is 3.38. The first kappa shape index (κ1) is 23.1. The molecule has 1 unspecified atom stereocenters. The number of ketones is 1. The predicted molar refractivity (Wildman–Crippen MR) is 124 cm³/mol. The summed E-state index contributed by atoms with van der Waals surface area (Å²) >= 11 is 0. The third kappa shape index (κ3) is 6.05. The highest BCUT2D eigenvalue weighted by molar-refractivity contribution is 5.98. The average molecular weight is 461 g/mol. The zero-order chi connectivity index (χ0) is 23.8. The van der Waals surface area contributed by atoms with Crippen LogP contribution in [0.3, 0.4) is 0 Å². The van der Waals surface area contributed by atoms with Gasteiger partial charge in [-0.2, -0.15) is 0 Å². The van der Waals surface area contributed by atoms with Crippen molar-refractivity contribution in [2.24, 2.45) is 0 Å². The Bertz CT molecular complexity index is 1200. The number of carbonyl (C=O) groups is 1. The van der Waals surface area contributed by atoms with E-state index in [1.807, 2.05) is 30.3 Å². The zero-order valence-corrected chi connectivity index (χ0v) is 18.4. The molecule has 3 aromatic carbocycles. The van der Waals surface area contributed by atoms with Gasteiger partial charge >= 0.3 is 0 Å². The van der Waals surface area contributed by atoms with E-state index in [4.69, 9.17) is 9.47 Å². The summed E-state index contributed by atoms with van der Waals surface area (Å²) in [5.74, 6) is 0.0722. The van der Waals surface area contributed by atoms with Crippen molar-refractivity contribution in [2.75, 3.05) is 13.3 Å². The number of rotatable bonds is 11. The molecular formula is C26H24FN3O4. The highest BCUT2D eigenvalue weighted by Crippen LogP contribution is 2.26. The van der Waals surface area contributed by atoms with Gasteiger partial charge in [0, 0.05) is 29.3 Å². The second-order valence-electron chi connectivity index (χ2n) is 7.70. The molecule has 0 aliphatic rings. The van der Waals surface area contributed by atoms with Crippen molar-refractivity contribution in [1.82, 2.24) is 14.8 Å². The minimum Gasteiger partial charge on any atom is -0.508 e. The molecule has 0 fully saturated rings. The standard InChI is InChI=1S/C26H24FN3O4/c27-14-24(16-33-15-19-4-2-1-3-5-19)34-23-11-8-21(26(32)13-23)12-25(31)20-6-9-22(10-7-20)30-17-28-29-18-30/h1-11,13,17-18,24,32H,12,14-16H2. The van der Waals surface area contributed by atoms with Crippen molar-refractivity contribution in [1.29, 1.82) is 0 Å². The molecule has 0 amide bonds. The lowest BCUT2D eigenvalue weighted by Crippen LogP contribution is -2.25. The van der Waals surface area contributed by atoms with E-state index in [0.717, 1.165) is 11.3 Å². The Labute approximate surface area is 196 Å². The average Bonchev–Trinajstić information content (AvgIpc) is 3.41. The van der Waals surface area contributed by atoms with E-state index >= 15 is 0 Å². The quantitative estimate of drug-likeness (QED) is 0.335. The van der Waals surface area contributed by atoms with Gasteiger partial charge in [0.05, 0.1) is 13.2 Å². The Morgan fingerprint density at radius 3 is 2.41 bits per heavy atom. The van der Waals surface area contributed by atoms with Crippen molar-refractivity contribution in [3.05, 3.63) is 102 Å². The number of alkyl halides is 1. The van der Waals surface area contributed by atoms with Crippen LogP contribution in [0.15, 0.2) is 85.5 Å². The van der Waals surface area contributed by atoms with Gasteiger partial charge < -0.3 is 14.6 Å².